The van der Waals surface area contributed by atoms with Gasteiger partial charge in [0.25, 0.3) is 5.91 Å². The average Bonchev–Trinajstić information content (AvgIpc) is 3.30. The molecule has 25 heavy (non-hydrogen) atoms. The van der Waals surface area contributed by atoms with Crippen LogP contribution in [0.25, 0.3) is 0 Å². The summed E-state index contributed by atoms with van der Waals surface area (Å²) >= 11 is 0. The molecule has 0 radical (unpaired) electrons. The molecule has 0 spiro atoms. The Kier molecular flexibility index (Phi) is 5.16. The first-order valence-corrected chi connectivity index (χ1v) is 8.70. The molecule has 1 fully saturated rings. The Morgan fingerprint density at radius 1 is 1.20 bits per heavy atom. The maximum atomic E-state index is 12.8. The van der Waals surface area contributed by atoms with E-state index in [0.717, 1.165) is 31.2 Å². The minimum Gasteiger partial charge on any atom is -0.481 e. The molecule has 3 rings (SSSR count). The highest BCUT2D eigenvalue weighted by Crippen LogP contribution is 2.30. The fourth-order valence-electron chi connectivity index (χ4n) is 3.45. The molecule has 1 heterocycles. The third-order valence-electron chi connectivity index (χ3n) is 4.91. The van der Waals surface area contributed by atoms with Gasteiger partial charge in [-0.25, -0.2) is 0 Å². The van der Waals surface area contributed by atoms with Crippen LogP contribution < -0.4 is 5.32 Å². The van der Waals surface area contributed by atoms with Crippen molar-refractivity contribution in [3.63, 3.8) is 0 Å². The number of amides is 1. The SMILES string of the molecule is CC(C(=O)O)C(NC(=O)c1ccnn1C1CCCC1)c1ccccc1. The molecule has 1 aliphatic rings. The summed E-state index contributed by atoms with van der Waals surface area (Å²) < 4.78 is 1.79. The van der Waals surface area contributed by atoms with Crippen molar-refractivity contribution in [1.29, 1.82) is 0 Å². The van der Waals surface area contributed by atoms with Crippen molar-refractivity contribution in [2.45, 2.75) is 44.7 Å². The topological polar surface area (TPSA) is 84.2 Å². The van der Waals surface area contributed by atoms with Gasteiger partial charge in [-0.15, -0.1) is 0 Å². The van der Waals surface area contributed by atoms with E-state index in [-0.39, 0.29) is 11.9 Å². The number of aliphatic carboxylic acids is 1. The van der Waals surface area contributed by atoms with Gasteiger partial charge in [-0.3, -0.25) is 14.3 Å². The standard InChI is InChI=1S/C19H23N3O3/c1-13(19(24)25)17(14-7-3-2-4-8-14)21-18(23)16-11-12-20-22(16)15-9-5-6-10-15/h2-4,7-8,11-13,15,17H,5-6,9-10H2,1H3,(H,21,23)(H,24,25). The second-order valence-electron chi connectivity index (χ2n) is 6.59. The number of nitrogens with one attached hydrogen (secondary N) is 1. The zero-order chi connectivity index (χ0) is 17.8. The summed E-state index contributed by atoms with van der Waals surface area (Å²) in [7, 11) is 0. The maximum absolute atomic E-state index is 12.8. The molecule has 132 valence electrons. The first-order chi connectivity index (χ1) is 12.1. The van der Waals surface area contributed by atoms with E-state index in [9.17, 15) is 14.7 Å². The molecule has 2 N–H and O–H groups in total. The summed E-state index contributed by atoms with van der Waals surface area (Å²) in [5.41, 5.74) is 1.27. The van der Waals surface area contributed by atoms with E-state index in [4.69, 9.17) is 0 Å². The van der Waals surface area contributed by atoms with Gasteiger partial charge in [0.15, 0.2) is 0 Å². The van der Waals surface area contributed by atoms with Crippen molar-refractivity contribution in [2.75, 3.05) is 0 Å². The van der Waals surface area contributed by atoms with E-state index in [1.54, 1.807) is 23.9 Å². The Labute approximate surface area is 146 Å². The third kappa shape index (κ3) is 3.73. The average molecular weight is 341 g/mol. The number of aromatic nitrogens is 2. The quantitative estimate of drug-likeness (QED) is 0.845. The number of nitrogens with zero attached hydrogens (tertiary/aromatic N) is 2. The highest BCUT2D eigenvalue weighted by atomic mass is 16.4. The highest BCUT2D eigenvalue weighted by molar-refractivity contribution is 5.93. The fourth-order valence-corrected chi connectivity index (χ4v) is 3.45. The third-order valence-corrected chi connectivity index (χ3v) is 4.91. The van der Waals surface area contributed by atoms with E-state index in [0.29, 0.717) is 5.69 Å². The molecule has 1 amide bonds. The lowest BCUT2D eigenvalue weighted by Crippen LogP contribution is -2.36. The molecule has 2 unspecified atom stereocenters. The minimum absolute atomic E-state index is 0.253. The summed E-state index contributed by atoms with van der Waals surface area (Å²) in [5, 5.41) is 16.6. The van der Waals surface area contributed by atoms with E-state index in [1.807, 2.05) is 30.3 Å². The predicted octanol–water partition coefficient (Wildman–Crippen LogP) is 3.19. The molecule has 1 aliphatic carbocycles. The molecular weight excluding hydrogens is 318 g/mol. The van der Waals surface area contributed by atoms with E-state index >= 15 is 0 Å². The summed E-state index contributed by atoms with van der Waals surface area (Å²) in [4.78, 5) is 24.3. The van der Waals surface area contributed by atoms with E-state index < -0.39 is 17.9 Å². The molecule has 1 aromatic carbocycles. The van der Waals surface area contributed by atoms with Crippen LogP contribution in [0.4, 0.5) is 0 Å². The van der Waals surface area contributed by atoms with Gasteiger partial charge in [0.2, 0.25) is 0 Å². The fraction of sp³-hybridized carbons (Fsp3) is 0.421. The van der Waals surface area contributed by atoms with Gasteiger partial charge in [0.1, 0.15) is 5.69 Å². The number of rotatable bonds is 6. The molecule has 1 aromatic heterocycles. The number of hydrogen-bond acceptors (Lipinski definition) is 3. The van der Waals surface area contributed by atoms with Gasteiger partial charge < -0.3 is 10.4 Å². The second-order valence-corrected chi connectivity index (χ2v) is 6.59. The van der Waals surface area contributed by atoms with Crippen LogP contribution in [0.1, 0.15) is 60.7 Å². The van der Waals surface area contributed by atoms with Gasteiger partial charge in [-0.05, 0) is 31.4 Å². The molecule has 6 heteroatoms. The molecule has 2 atom stereocenters. The van der Waals surface area contributed by atoms with Crippen LogP contribution in [0.5, 0.6) is 0 Å². The predicted molar refractivity (Wildman–Crippen MR) is 93.2 cm³/mol. The molecule has 0 bridgehead atoms. The number of hydrogen-bond donors (Lipinski definition) is 2. The normalized spacial score (nSPS) is 17.2. The monoisotopic (exact) mass is 341 g/mol. The van der Waals surface area contributed by atoms with Crippen molar-refractivity contribution >= 4 is 11.9 Å². The number of carbonyl (C=O) groups excluding carboxylic acids is 1. The Morgan fingerprint density at radius 2 is 1.88 bits per heavy atom. The van der Waals surface area contributed by atoms with Gasteiger partial charge >= 0.3 is 5.97 Å². The first-order valence-electron chi connectivity index (χ1n) is 8.70. The van der Waals surface area contributed by atoms with Gasteiger partial charge in [-0.1, -0.05) is 43.2 Å². The smallest absolute Gasteiger partial charge is 0.308 e. The van der Waals surface area contributed by atoms with Crippen LogP contribution in [0.15, 0.2) is 42.6 Å². The summed E-state index contributed by atoms with van der Waals surface area (Å²) in [5.74, 6) is -1.97. The van der Waals surface area contributed by atoms with Crippen molar-refractivity contribution < 1.29 is 14.7 Å². The zero-order valence-corrected chi connectivity index (χ0v) is 14.3. The lowest BCUT2D eigenvalue weighted by Gasteiger charge is -2.23. The minimum atomic E-state index is -0.946. The summed E-state index contributed by atoms with van der Waals surface area (Å²) in [6.45, 7) is 1.61. The Morgan fingerprint density at radius 3 is 2.52 bits per heavy atom. The van der Waals surface area contributed by atoms with Crippen molar-refractivity contribution in [1.82, 2.24) is 15.1 Å². The number of carboxylic acids is 1. The van der Waals surface area contributed by atoms with Gasteiger partial charge in [-0.2, -0.15) is 5.10 Å². The van der Waals surface area contributed by atoms with Crippen LogP contribution in [0, 0.1) is 5.92 Å². The van der Waals surface area contributed by atoms with Gasteiger partial charge in [0, 0.05) is 6.20 Å². The molecule has 0 aliphatic heterocycles. The number of carboxylic acid groups (broad SMARTS) is 1. The van der Waals surface area contributed by atoms with E-state index in [1.165, 1.54) is 0 Å². The van der Waals surface area contributed by atoms with Crippen molar-refractivity contribution in [3.8, 4) is 0 Å². The summed E-state index contributed by atoms with van der Waals surface area (Å²) in [6, 6.07) is 10.6. The largest absolute Gasteiger partial charge is 0.481 e. The lowest BCUT2D eigenvalue weighted by molar-refractivity contribution is -0.142. The van der Waals surface area contributed by atoms with E-state index in [2.05, 4.69) is 10.4 Å². The molecular formula is C19H23N3O3. The van der Waals surface area contributed by atoms with Crippen LogP contribution >= 0.6 is 0 Å². The lowest BCUT2D eigenvalue weighted by atomic mass is 9.94. The van der Waals surface area contributed by atoms with Crippen molar-refractivity contribution in [3.05, 3.63) is 53.9 Å². The second kappa shape index (κ2) is 7.51. The molecule has 0 saturated heterocycles. The summed E-state index contributed by atoms with van der Waals surface area (Å²) in [6.07, 6.45) is 5.97. The van der Waals surface area contributed by atoms with Crippen LogP contribution in [0.3, 0.4) is 0 Å². The molecule has 6 nitrogen and oxygen atoms in total. The van der Waals surface area contributed by atoms with Crippen LogP contribution in [-0.4, -0.2) is 26.8 Å². The first kappa shape index (κ1) is 17.2. The van der Waals surface area contributed by atoms with Crippen LogP contribution in [0.2, 0.25) is 0 Å². The van der Waals surface area contributed by atoms with Gasteiger partial charge in [0.05, 0.1) is 18.0 Å². The Bertz CT molecular complexity index is 735. The Hall–Kier alpha value is -2.63. The number of carbonyl (C=O) groups is 2. The highest BCUT2D eigenvalue weighted by Gasteiger charge is 2.29. The molecule has 1 saturated carbocycles. The van der Waals surface area contributed by atoms with Crippen molar-refractivity contribution in [2.24, 2.45) is 5.92 Å². The zero-order valence-electron chi connectivity index (χ0n) is 14.3. The maximum Gasteiger partial charge on any atom is 0.308 e. The number of benzene rings is 1. The van der Waals surface area contributed by atoms with Crippen LogP contribution in [-0.2, 0) is 4.79 Å². The Balaban J connectivity index is 1.84. The molecule has 2 aromatic rings.